The van der Waals surface area contributed by atoms with Gasteiger partial charge in [-0.25, -0.2) is 9.59 Å². The minimum atomic E-state index is -2.33. The SMILES string of the molecule is COc1cccc2c1C(=O)c1c(O)c3c(c(O)c1C2=O)C[C@@](O)(C(=O)CON(C(=O)OCc1ccc(NC(=O)[C@H](CCCNC(N)=O)NC(=O)[C@@H](NC(=O)CCCCCN2C(=O)C=CC2=O)C(C)C)cc1)C1C[C@H](O)O[C@@H](C)[C@H]1O)CC3. The van der Waals surface area contributed by atoms with Crippen molar-refractivity contribution >= 4 is 64.7 Å². The molecule has 2 heterocycles. The van der Waals surface area contributed by atoms with E-state index >= 15 is 0 Å². The van der Waals surface area contributed by atoms with Crippen LogP contribution in [0.4, 0.5) is 15.3 Å². The number of hydrogen-bond acceptors (Lipinski definition) is 19. The molecule has 440 valence electrons. The van der Waals surface area contributed by atoms with E-state index in [4.69, 9.17) is 24.8 Å². The summed E-state index contributed by atoms with van der Waals surface area (Å²) in [5.41, 5.74) is 2.17. The Hall–Kier alpha value is -8.30. The van der Waals surface area contributed by atoms with Crippen molar-refractivity contribution in [2.45, 2.75) is 134 Å². The maximum atomic E-state index is 14.0. The second-order valence-electron chi connectivity index (χ2n) is 20.8. The number of benzene rings is 3. The molecule has 82 heavy (non-hydrogen) atoms. The Morgan fingerprint density at radius 3 is 2.22 bits per heavy atom. The molecule has 0 spiro atoms. The van der Waals surface area contributed by atoms with E-state index in [0.717, 1.165) is 4.90 Å². The van der Waals surface area contributed by atoms with Gasteiger partial charge in [0.1, 0.15) is 54.3 Å². The number of methoxy groups -OCH3 is 1. The van der Waals surface area contributed by atoms with Crippen LogP contribution in [0.25, 0.3) is 0 Å². The lowest BCUT2D eigenvalue weighted by Crippen LogP contribution is -2.57. The van der Waals surface area contributed by atoms with Crippen LogP contribution in [0.3, 0.4) is 0 Å². The van der Waals surface area contributed by atoms with Crippen molar-refractivity contribution in [3.05, 3.63) is 93.6 Å². The maximum absolute atomic E-state index is 14.0. The highest BCUT2D eigenvalue weighted by molar-refractivity contribution is 6.31. The van der Waals surface area contributed by atoms with Crippen molar-refractivity contribution in [3.63, 3.8) is 0 Å². The Balaban J connectivity index is 0.975. The molecule has 3 aromatic rings. The van der Waals surface area contributed by atoms with Gasteiger partial charge in [-0.3, -0.25) is 48.1 Å². The molecule has 7 atom stereocenters. The number of nitrogens with one attached hydrogen (secondary N) is 4. The molecule has 0 aromatic heterocycles. The number of urea groups is 1. The van der Waals surface area contributed by atoms with E-state index in [2.05, 4.69) is 21.3 Å². The molecule has 1 unspecified atom stereocenters. The zero-order chi connectivity index (χ0) is 59.7. The van der Waals surface area contributed by atoms with Crippen LogP contribution in [0, 0.1) is 5.92 Å². The number of nitrogens with zero attached hydrogens (tertiary/aromatic N) is 2. The third kappa shape index (κ3) is 13.9. The van der Waals surface area contributed by atoms with Crippen LogP contribution < -0.4 is 31.7 Å². The number of ketones is 3. The zero-order valence-corrected chi connectivity index (χ0v) is 45.6. The minimum Gasteiger partial charge on any atom is -0.507 e. The summed E-state index contributed by atoms with van der Waals surface area (Å²) in [6.45, 7) is 3.66. The second-order valence-corrected chi connectivity index (χ2v) is 20.8. The Morgan fingerprint density at radius 2 is 1.55 bits per heavy atom. The van der Waals surface area contributed by atoms with Crippen LogP contribution in [0.5, 0.6) is 17.2 Å². The Kier molecular flexibility index (Phi) is 19.8. The molecule has 7 rings (SSSR count). The Bertz CT molecular complexity index is 3020. The third-order valence-corrected chi connectivity index (χ3v) is 14.8. The Labute approximate surface area is 470 Å². The van der Waals surface area contributed by atoms with E-state index in [-0.39, 0.29) is 78.9 Å². The molecule has 2 aliphatic heterocycles. The normalized spacial score (nSPS) is 20.7. The number of phenolic OH excluding ortho intramolecular Hbond substituents is 2. The monoisotopic (exact) mass is 1140 g/mol. The van der Waals surface area contributed by atoms with Gasteiger partial charge in [-0.1, -0.05) is 44.5 Å². The Morgan fingerprint density at radius 1 is 0.866 bits per heavy atom. The highest BCUT2D eigenvalue weighted by Crippen LogP contribution is 2.48. The average Bonchev–Trinajstić information content (AvgIpc) is 1.36. The average molecular weight is 1140 g/mol. The largest absolute Gasteiger partial charge is 0.507 e. The van der Waals surface area contributed by atoms with Gasteiger partial charge in [0, 0.05) is 66.9 Å². The lowest BCUT2D eigenvalue weighted by molar-refractivity contribution is -0.258. The summed E-state index contributed by atoms with van der Waals surface area (Å²) in [5.74, 6) is -6.79. The fourth-order valence-corrected chi connectivity index (χ4v) is 10.2. The third-order valence-electron chi connectivity index (χ3n) is 14.8. The lowest BCUT2D eigenvalue weighted by atomic mass is 9.73. The van der Waals surface area contributed by atoms with Crippen molar-refractivity contribution in [3.8, 4) is 17.2 Å². The number of hydroxylamine groups is 2. The summed E-state index contributed by atoms with van der Waals surface area (Å²) in [6, 6.07) is 5.83. The fraction of sp³-hybridized carbons (Fsp3) is 0.464. The molecule has 4 aliphatic rings. The number of imide groups is 1. The first-order valence-corrected chi connectivity index (χ1v) is 26.7. The number of unbranched alkanes of at least 4 members (excludes halogenated alkanes) is 2. The number of carbonyl (C=O) groups is 10. The molecule has 0 radical (unpaired) electrons. The number of aliphatic hydroxyl groups excluding tert-OH is 2. The van der Waals surface area contributed by atoms with Crippen molar-refractivity contribution in [2.24, 2.45) is 11.7 Å². The molecule has 1 saturated heterocycles. The molecule has 3 aromatic carbocycles. The van der Waals surface area contributed by atoms with E-state index < -0.39 is 156 Å². The highest BCUT2D eigenvalue weighted by Gasteiger charge is 2.47. The number of aromatic hydroxyl groups is 2. The number of amides is 8. The number of rotatable bonds is 24. The molecule has 26 nitrogen and oxygen atoms in total. The standard InChI is InChI=1S/C56H67N7O19/c1-28(2)46(61-39(65)13-6-5-7-23-62-40(66)18-19-41(62)67)53(75)60-35(11-9-22-58-54(57)76)52(74)59-31-16-14-30(15-17-31)26-80-55(77)63(36-24-42(68)82-29(3)47(36)69)81-27-38(64)56(78)21-20-32-34(25-56)50(72)44-45(48(32)70)51(73)43-33(49(44)71)10-8-12-37(43)79-4/h8,10,12,14-19,28-29,35-36,42,46-47,68-70,72,78H,5-7,9,11,13,20-27H2,1-4H3,(H,59,74)(H,60,75)(H,61,65)(H3,57,58,76)/t29-,35-,36?,42+,46-,47+,56+/m0/s1. The summed E-state index contributed by atoms with van der Waals surface area (Å²) in [5, 5.41) is 67.5. The van der Waals surface area contributed by atoms with Gasteiger partial charge in [-0.15, -0.1) is 0 Å². The van der Waals surface area contributed by atoms with Crippen LogP contribution in [-0.4, -0.2) is 164 Å². The van der Waals surface area contributed by atoms with E-state index in [0.29, 0.717) is 29.9 Å². The van der Waals surface area contributed by atoms with Crippen molar-refractivity contribution in [1.29, 1.82) is 0 Å². The minimum absolute atomic E-state index is 0.0241. The van der Waals surface area contributed by atoms with Crippen LogP contribution >= 0.6 is 0 Å². The predicted molar refractivity (Wildman–Crippen MR) is 285 cm³/mol. The van der Waals surface area contributed by atoms with E-state index in [9.17, 15) is 73.5 Å². The smallest absolute Gasteiger partial charge is 0.434 e. The van der Waals surface area contributed by atoms with Crippen molar-refractivity contribution in [1.82, 2.24) is 25.9 Å². The summed E-state index contributed by atoms with van der Waals surface area (Å²) < 4.78 is 16.1. The van der Waals surface area contributed by atoms with Crippen LogP contribution in [0.2, 0.25) is 0 Å². The van der Waals surface area contributed by atoms with Gasteiger partial charge in [0.15, 0.2) is 17.9 Å². The number of nitrogens with two attached hydrogens (primary N) is 1. The van der Waals surface area contributed by atoms with Gasteiger partial charge in [0.05, 0.1) is 35.9 Å². The highest BCUT2D eigenvalue weighted by atomic mass is 16.7. The number of fused-ring (bicyclic) bond motifs is 3. The van der Waals surface area contributed by atoms with Crippen LogP contribution in [0.15, 0.2) is 54.6 Å². The quantitative estimate of drug-likeness (QED) is 0.0206. The summed E-state index contributed by atoms with van der Waals surface area (Å²) >= 11 is 0. The summed E-state index contributed by atoms with van der Waals surface area (Å²) in [6.07, 6.45) is -2.85. The number of ether oxygens (including phenoxy) is 3. The molecule has 26 heteroatoms. The van der Waals surface area contributed by atoms with E-state index in [1.54, 1.807) is 13.8 Å². The van der Waals surface area contributed by atoms with Crippen LogP contribution in [0.1, 0.15) is 121 Å². The van der Waals surface area contributed by atoms with Crippen molar-refractivity contribution < 1.29 is 92.5 Å². The maximum Gasteiger partial charge on any atom is 0.434 e. The van der Waals surface area contributed by atoms with Gasteiger partial charge in [-0.05, 0) is 75.1 Å². The number of aliphatic hydroxyl groups is 3. The number of phenols is 2. The molecular formula is C56H67N7O19. The molecule has 8 amide bonds. The van der Waals surface area contributed by atoms with Crippen LogP contribution in [-0.2, 0) is 62.5 Å². The van der Waals surface area contributed by atoms with Gasteiger partial charge in [0.25, 0.3) is 11.8 Å². The molecule has 1 fully saturated rings. The first kappa shape index (κ1) is 61.3. The molecule has 2 aliphatic carbocycles. The summed E-state index contributed by atoms with van der Waals surface area (Å²) in [7, 11) is 1.30. The second kappa shape index (κ2) is 26.5. The van der Waals surface area contributed by atoms with Gasteiger partial charge < -0.3 is 66.7 Å². The number of Topliss-reactive ketones (excluding diaryl/α,β-unsaturated/α-hetero) is 1. The van der Waals surface area contributed by atoms with Gasteiger partial charge >= 0.3 is 12.1 Å². The summed E-state index contributed by atoms with van der Waals surface area (Å²) in [4.78, 5) is 138. The molecule has 0 bridgehead atoms. The lowest BCUT2D eigenvalue weighted by Gasteiger charge is -2.40. The van der Waals surface area contributed by atoms with Gasteiger partial charge in [-0.2, -0.15) is 5.06 Å². The van der Waals surface area contributed by atoms with E-state index in [1.165, 1.54) is 68.7 Å². The fourth-order valence-electron chi connectivity index (χ4n) is 10.2. The molecular weight excluding hydrogens is 1070 g/mol. The zero-order valence-electron chi connectivity index (χ0n) is 45.6. The first-order valence-electron chi connectivity index (χ1n) is 26.7. The number of anilines is 1. The number of carbonyl (C=O) groups excluding carboxylic acids is 10. The van der Waals surface area contributed by atoms with E-state index in [1.807, 2.05) is 0 Å². The molecule has 0 saturated carbocycles. The van der Waals surface area contributed by atoms with Gasteiger partial charge in [0.2, 0.25) is 23.5 Å². The number of hydrogen-bond donors (Lipinski definition) is 10. The first-order chi connectivity index (χ1) is 38.9. The molecule has 11 N–H and O–H groups in total. The predicted octanol–water partition coefficient (Wildman–Crippen LogP) is 1.60. The number of primary amides is 1. The topological polar surface area (TPSA) is 389 Å². The van der Waals surface area contributed by atoms with Crippen molar-refractivity contribution in [2.75, 3.05) is 32.1 Å².